The highest BCUT2D eigenvalue weighted by atomic mass is 16.6. The van der Waals surface area contributed by atoms with Gasteiger partial charge >= 0.3 is 5.97 Å². The van der Waals surface area contributed by atoms with E-state index in [1.165, 1.54) is 6.92 Å². The van der Waals surface area contributed by atoms with Crippen molar-refractivity contribution in [3.8, 4) is 0 Å². The summed E-state index contributed by atoms with van der Waals surface area (Å²) in [6.45, 7) is 7.85. The molecule has 1 rings (SSSR count). The van der Waals surface area contributed by atoms with Crippen LogP contribution in [0.3, 0.4) is 0 Å². The monoisotopic (exact) mass is 255 g/mol. The first-order valence-electron chi connectivity index (χ1n) is 6.79. The van der Waals surface area contributed by atoms with Crippen molar-refractivity contribution in [2.45, 2.75) is 59.0 Å². The number of hydrogen-bond donors (Lipinski definition) is 1. The van der Waals surface area contributed by atoms with Crippen LogP contribution in [0.15, 0.2) is 0 Å². The molecule has 1 fully saturated rings. The lowest BCUT2D eigenvalue weighted by molar-refractivity contribution is -0.161. The molecule has 0 aromatic rings. The molecule has 1 saturated carbocycles. The van der Waals surface area contributed by atoms with E-state index in [9.17, 15) is 9.59 Å². The van der Waals surface area contributed by atoms with E-state index in [4.69, 9.17) is 4.74 Å². The van der Waals surface area contributed by atoms with Crippen molar-refractivity contribution < 1.29 is 14.3 Å². The Labute approximate surface area is 109 Å². The lowest BCUT2D eigenvalue weighted by atomic mass is 9.75. The van der Waals surface area contributed by atoms with Crippen LogP contribution in [0.5, 0.6) is 0 Å². The lowest BCUT2D eigenvalue weighted by Crippen LogP contribution is -2.40. The Hall–Kier alpha value is -1.06. The fourth-order valence-corrected chi connectivity index (χ4v) is 2.53. The fraction of sp³-hybridized carbons (Fsp3) is 0.857. The van der Waals surface area contributed by atoms with Gasteiger partial charge in [0.15, 0.2) is 0 Å². The number of carbonyl (C=O) groups excluding carboxylic acids is 2. The molecule has 0 unspecified atom stereocenters. The quantitative estimate of drug-likeness (QED) is 0.784. The first kappa shape index (κ1) is 15.0. The van der Waals surface area contributed by atoms with E-state index in [1.807, 2.05) is 6.92 Å². The molecule has 0 bridgehead atoms. The topological polar surface area (TPSA) is 55.4 Å². The van der Waals surface area contributed by atoms with E-state index in [-0.39, 0.29) is 24.0 Å². The molecule has 4 heteroatoms. The van der Waals surface area contributed by atoms with Gasteiger partial charge in [-0.2, -0.15) is 0 Å². The van der Waals surface area contributed by atoms with Gasteiger partial charge in [-0.25, -0.2) is 0 Å². The van der Waals surface area contributed by atoms with Gasteiger partial charge in [-0.05, 0) is 44.4 Å². The fourth-order valence-electron chi connectivity index (χ4n) is 2.53. The van der Waals surface area contributed by atoms with Crippen molar-refractivity contribution in [3.63, 3.8) is 0 Å². The number of carbonyl (C=O) groups is 2. The van der Waals surface area contributed by atoms with Crippen LogP contribution in [-0.4, -0.2) is 24.0 Å². The van der Waals surface area contributed by atoms with Gasteiger partial charge < -0.3 is 10.1 Å². The maximum Gasteiger partial charge on any atom is 0.325 e. The van der Waals surface area contributed by atoms with Crippen molar-refractivity contribution >= 4 is 11.9 Å². The van der Waals surface area contributed by atoms with E-state index in [1.54, 1.807) is 0 Å². The number of ether oxygens (including phenoxy) is 1. The van der Waals surface area contributed by atoms with Crippen molar-refractivity contribution in [2.75, 3.05) is 6.54 Å². The SMILES string of the molecule is CC(=O)NCC(=O)OC1(C)CCC(C(C)C)CC1. The van der Waals surface area contributed by atoms with Gasteiger partial charge in [0.2, 0.25) is 5.91 Å². The third-order valence-corrected chi connectivity index (χ3v) is 3.87. The Morgan fingerprint density at radius 3 is 2.33 bits per heavy atom. The molecule has 0 spiro atoms. The van der Waals surface area contributed by atoms with Crippen molar-refractivity contribution in [1.82, 2.24) is 5.32 Å². The van der Waals surface area contributed by atoms with Crippen LogP contribution in [0.1, 0.15) is 53.4 Å². The average Bonchev–Trinajstić information content (AvgIpc) is 2.26. The average molecular weight is 255 g/mol. The summed E-state index contributed by atoms with van der Waals surface area (Å²) in [5, 5.41) is 2.47. The van der Waals surface area contributed by atoms with Crippen LogP contribution in [-0.2, 0) is 14.3 Å². The highest BCUT2D eigenvalue weighted by Gasteiger charge is 2.35. The van der Waals surface area contributed by atoms with Crippen LogP contribution in [0, 0.1) is 11.8 Å². The number of esters is 1. The van der Waals surface area contributed by atoms with Crippen molar-refractivity contribution in [1.29, 1.82) is 0 Å². The number of rotatable bonds is 4. The minimum absolute atomic E-state index is 0.0292. The zero-order valence-electron chi connectivity index (χ0n) is 11.9. The summed E-state index contributed by atoms with van der Waals surface area (Å²) in [4.78, 5) is 22.3. The summed E-state index contributed by atoms with van der Waals surface area (Å²) in [7, 11) is 0. The van der Waals surface area contributed by atoms with Crippen LogP contribution >= 0.6 is 0 Å². The second-order valence-corrected chi connectivity index (χ2v) is 5.92. The standard InChI is InChI=1S/C14H25NO3/c1-10(2)12-5-7-14(4,8-6-12)18-13(17)9-15-11(3)16/h10,12H,5-9H2,1-4H3,(H,15,16). The van der Waals surface area contributed by atoms with Gasteiger partial charge in [0, 0.05) is 6.92 Å². The van der Waals surface area contributed by atoms with Crippen LogP contribution in [0.25, 0.3) is 0 Å². The second kappa shape index (κ2) is 6.21. The summed E-state index contributed by atoms with van der Waals surface area (Å²) in [5.74, 6) is 0.896. The first-order chi connectivity index (χ1) is 8.32. The highest BCUT2D eigenvalue weighted by molar-refractivity contribution is 5.80. The molecule has 0 saturated heterocycles. The smallest absolute Gasteiger partial charge is 0.325 e. The first-order valence-corrected chi connectivity index (χ1v) is 6.79. The molecule has 0 aromatic carbocycles. The zero-order valence-corrected chi connectivity index (χ0v) is 11.9. The molecule has 0 aromatic heterocycles. The molecule has 1 aliphatic carbocycles. The van der Waals surface area contributed by atoms with Gasteiger partial charge in [-0.15, -0.1) is 0 Å². The van der Waals surface area contributed by atoms with Crippen molar-refractivity contribution in [2.24, 2.45) is 11.8 Å². The lowest BCUT2D eigenvalue weighted by Gasteiger charge is -2.38. The summed E-state index contributed by atoms with van der Waals surface area (Å²) < 4.78 is 5.50. The third kappa shape index (κ3) is 4.67. The normalized spacial score (nSPS) is 27.9. The van der Waals surface area contributed by atoms with E-state index in [2.05, 4.69) is 19.2 Å². The molecule has 18 heavy (non-hydrogen) atoms. The predicted molar refractivity (Wildman–Crippen MR) is 70.0 cm³/mol. The molecule has 1 amide bonds. The van der Waals surface area contributed by atoms with E-state index in [0.717, 1.165) is 31.6 Å². The summed E-state index contributed by atoms with van der Waals surface area (Å²) in [5.41, 5.74) is -0.346. The molecule has 0 aliphatic heterocycles. The maximum absolute atomic E-state index is 11.6. The Balaban J connectivity index is 2.38. The highest BCUT2D eigenvalue weighted by Crippen LogP contribution is 2.37. The molecule has 104 valence electrons. The Morgan fingerprint density at radius 2 is 1.89 bits per heavy atom. The zero-order chi connectivity index (χ0) is 13.8. The van der Waals surface area contributed by atoms with Gasteiger partial charge in [-0.3, -0.25) is 9.59 Å². The Morgan fingerprint density at radius 1 is 1.33 bits per heavy atom. The maximum atomic E-state index is 11.6. The molecule has 0 heterocycles. The second-order valence-electron chi connectivity index (χ2n) is 5.92. The van der Waals surface area contributed by atoms with Crippen LogP contribution in [0.2, 0.25) is 0 Å². The minimum atomic E-state index is -0.346. The Bertz CT molecular complexity index is 304. The van der Waals surface area contributed by atoms with Gasteiger partial charge in [-0.1, -0.05) is 13.8 Å². The Kier molecular flexibility index (Phi) is 5.17. The van der Waals surface area contributed by atoms with E-state index < -0.39 is 0 Å². The molecular weight excluding hydrogens is 230 g/mol. The van der Waals surface area contributed by atoms with Crippen LogP contribution in [0.4, 0.5) is 0 Å². The molecule has 0 atom stereocenters. The molecule has 1 N–H and O–H groups in total. The number of hydrogen-bond acceptors (Lipinski definition) is 3. The number of nitrogens with one attached hydrogen (secondary N) is 1. The van der Waals surface area contributed by atoms with Crippen molar-refractivity contribution in [3.05, 3.63) is 0 Å². The van der Waals surface area contributed by atoms with E-state index >= 15 is 0 Å². The summed E-state index contributed by atoms with van der Waals surface area (Å²) in [6, 6.07) is 0. The summed E-state index contributed by atoms with van der Waals surface area (Å²) >= 11 is 0. The largest absolute Gasteiger partial charge is 0.458 e. The molecule has 1 aliphatic rings. The molecule has 0 radical (unpaired) electrons. The third-order valence-electron chi connectivity index (χ3n) is 3.87. The predicted octanol–water partition coefficient (Wildman–Crippen LogP) is 2.27. The van der Waals surface area contributed by atoms with Crippen LogP contribution < -0.4 is 5.32 Å². The van der Waals surface area contributed by atoms with E-state index in [0.29, 0.717) is 5.92 Å². The minimum Gasteiger partial charge on any atom is -0.458 e. The molecular formula is C14H25NO3. The van der Waals surface area contributed by atoms with Gasteiger partial charge in [0.1, 0.15) is 12.1 Å². The number of amides is 1. The van der Waals surface area contributed by atoms with Gasteiger partial charge in [0.25, 0.3) is 0 Å². The van der Waals surface area contributed by atoms with Gasteiger partial charge in [0.05, 0.1) is 0 Å². The molecule has 4 nitrogen and oxygen atoms in total. The summed E-state index contributed by atoms with van der Waals surface area (Å²) in [6.07, 6.45) is 4.06.